The summed E-state index contributed by atoms with van der Waals surface area (Å²) < 4.78 is 8.86. The van der Waals surface area contributed by atoms with Crippen LogP contribution in [0.25, 0.3) is 0 Å². The van der Waals surface area contributed by atoms with Gasteiger partial charge < -0.3 is 9.64 Å². The number of hydrogen-bond donors (Lipinski definition) is 0. The summed E-state index contributed by atoms with van der Waals surface area (Å²) >= 11 is 0. The second kappa shape index (κ2) is 6.91. The van der Waals surface area contributed by atoms with Crippen LogP contribution in [0.5, 0.6) is 0 Å². The van der Waals surface area contributed by atoms with Crippen molar-refractivity contribution in [2.75, 3.05) is 19.7 Å². The predicted octanol–water partition coefficient (Wildman–Crippen LogP) is 0.793. The quantitative estimate of drug-likeness (QED) is 0.787. The summed E-state index contributed by atoms with van der Waals surface area (Å²) in [5.74, 6) is 0.0882. The van der Waals surface area contributed by atoms with Crippen LogP contribution < -0.4 is 0 Å². The van der Waals surface area contributed by atoms with E-state index in [0.717, 1.165) is 24.2 Å². The number of nitrogens with zero attached hydrogens (tertiary/aromatic N) is 6. The molecule has 1 fully saturated rings. The zero-order valence-corrected chi connectivity index (χ0v) is 13.6. The molecule has 1 aliphatic heterocycles. The van der Waals surface area contributed by atoms with E-state index in [4.69, 9.17) is 4.74 Å². The van der Waals surface area contributed by atoms with Gasteiger partial charge in [-0.25, -0.2) is 4.68 Å². The largest absolute Gasteiger partial charge is 0.375 e. The number of carbonyl (C=O) groups excluding carboxylic acids is 1. The minimum Gasteiger partial charge on any atom is -0.375 e. The zero-order valence-electron chi connectivity index (χ0n) is 13.6. The van der Waals surface area contributed by atoms with Crippen molar-refractivity contribution in [1.29, 1.82) is 0 Å². The number of hydrogen-bond acceptors (Lipinski definition) is 5. The highest BCUT2D eigenvalue weighted by Gasteiger charge is 2.28. The number of aryl methyl sites for hydroxylation is 1. The van der Waals surface area contributed by atoms with Crippen molar-refractivity contribution in [1.82, 2.24) is 29.7 Å². The van der Waals surface area contributed by atoms with Gasteiger partial charge in [0.25, 0.3) is 0 Å². The van der Waals surface area contributed by atoms with Crippen LogP contribution in [-0.2, 0) is 22.7 Å². The van der Waals surface area contributed by atoms with Gasteiger partial charge in [0.2, 0.25) is 5.91 Å². The normalized spacial score (nSPS) is 17.8. The van der Waals surface area contributed by atoms with E-state index >= 15 is 0 Å². The summed E-state index contributed by atoms with van der Waals surface area (Å²) in [6.07, 6.45) is 6.44. The average molecular weight is 318 g/mol. The molecule has 3 rings (SSSR count). The standard InChI is InChI=1S/C15H22N6O2/c1-3-23-11-13-8-21(18-17-13)14-4-5-19(9-14)15(22)10-20-7-12(2)6-16-20/h6-8,14H,3-5,9-11H2,1-2H3. The molecule has 0 aliphatic carbocycles. The third kappa shape index (κ3) is 3.76. The fraction of sp³-hybridized carbons (Fsp3) is 0.600. The maximum absolute atomic E-state index is 12.3. The molecule has 23 heavy (non-hydrogen) atoms. The van der Waals surface area contributed by atoms with E-state index < -0.39 is 0 Å². The van der Waals surface area contributed by atoms with E-state index in [0.29, 0.717) is 19.8 Å². The van der Waals surface area contributed by atoms with Crippen molar-refractivity contribution in [2.24, 2.45) is 0 Å². The molecule has 0 saturated carbocycles. The van der Waals surface area contributed by atoms with Gasteiger partial charge in [0, 0.05) is 25.9 Å². The van der Waals surface area contributed by atoms with Crippen LogP contribution in [0.2, 0.25) is 0 Å². The highest BCUT2D eigenvalue weighted by atomic mass is 16.5. The van der Waals surface area contributed by atoms with E-state index in [1.165, 1.54) is 0 Å². The number of aromatic nitrogens is 5. The summed E-state index contributed by atoms with van der Waals surface area (Å²) in [4.78, 5) is 14.2. The molecule has 2 aromatic rings. The Balaban J connectivity index is 1.55. The van der Waals surface area contributed by atoms with E-state index in [1.807, 2.05) is 35.8 Å². The van der Waals surface area contributed by atoms with Gasteiger partial charge in [0.05, 0.1) is 25.0 Å². The van der Waals surface area contributed by atoms with Gasteiger partial charge >= 0.3 is 0 Å². The molecule has 1 atom stereocenters. The first-order valence-corrected chi connectivity index (χ1v) is 7.91. The van der Waals surface area contributed by atoms with Gasteiger partial charge in [-0.15, -0.1) is 5.10 Å². The summed E-state index contributed by atoms with van der Waals surface area (Å²) in [5.41, 5.74) is 1.88. The topological polar surface area (TPSA) is 78.1 Å². The van der Waals surface area contributed by atoms with Crippen LogP contribution >= 0.6 is 0 Å². The van der Waals surface area contributed by atoms with E-state index in [2.05, 4.69) is 15.4 Å². The Morgan fingerprint density at radius 3 is 3.04 bits per heavy atom. The minimum atomic E-state index is 0.0882. The van der Waals surface area contributed by atoms with Crippen LogP contribution in [-0.4, -0.2) is 55.3 Å². The highest BCUT2D eigenvalue weighted by molar-refractivity contribution is 5.76. The van der Waals surface area contributed by atoms with Crippen LogP contribution in [0.3, 0.4) is 0 Å². The van der Waals surface area contributed by atoms with Crippen LogP contribution in [0.4, 0.5) is 0 Å². The van der Waals surface area contributed by atoms with Crippen molar-refractivity contribution in [2.45, 2.75) is 39.5 Å². The van der Waals surface area contributed by atoms with Crippen molar-refractivity contribution in [3.63, 3.8) is 0 Å². The first kappa shape index (κ1) is 15.7. The van der Waals surface area contributed by atoms with Crippen molar-refractivity contribution >= 4 is 5.91 Å². The molecule has 0 bridgehead atoms. The van der Waals surface area contributed by atoms with Gasteiger partial charge in [-0.3, -0.25) is 9.48 Å². The SMILES string of the molecule is CCOCc1cn(C2CCN(C(=O)Cn3cc(C)cn3)C2)nn1. The Labute approximate surface area is 135 Å². The molecule has 1 amide bonds. The summed E-state index contributed by atoms with van der Waals surface area (Å²) in [6, 6.07) is 0.182. The lowest BCUT2D eigenvalue weighted by molar-refractivity contribution is -0.131. The number of carbonyl (C=O) groups is 1. The Morgan fingerprint density at radius 2 is 2.30 bits per heavy atom. The third-order valence-electron chi connectivity index (χ3n) is 3.96. The zero-order chi connectivity index (χ0) is 16.2. The maximum atomic E-state index is 12.3. The van der Waals surface area contributed by atoms with Crippen LogP contribution in [0.15, 0.2) is 18.6 Å². The predicted molar refractivity (Wildman–Crippen MR) is 82.6 cm³/mol. The summed E-state index contributed by atoms with van der Waals surface area (Å²) in [6.45, 7) is 6.74. The number of amides is 1. The summed E-state index contributed by atoms with van der Waals surface area (Å²) in [7, 11) is 0. The number of likely N-dealkylation sites (tertiary alicyclic amines) is 1. The molecular formula is C15H22N6O2. The number of ether oxygens (including phenoxy) is 1. The smallest absolute Gasteiger partial charge is 0.244 e. The highest BCUT2D eigenvalue weighted by Crippen LogP contribution is 2.21. The molecular weight excluding hydrogens is 296 g/mol. The summed E-state index contributed by atoms with van der Waals surface area (Å²) in [5, 5.41) is 12.4. The molecule has 0 N–H and O–H groups in total. The fourth-order valence-corrected chi connectivity index (χ4v) is 2.74. The number of rotatable bonds is 6. The monoisotopic (exact) mass is 318 g/mol. The molecule has 0 aromatic carbocycles. The van der Waals surface area contributed by atoms with Crippen LogP contribution in [0, 0.1) is 6.92 Å². The van der Waals surface area contributed by atoms with Crippen molar-refractivity contribution in [3.05, 3.63) is 29.8 Å². The molecule has 3 heterocycles. The maximum Gasteiger partial charge on any atom is 0.244 e. The minimum absolute atomic E-state index is 0.0882. The van der Waals surface area contributed by atoms with Crippen molar-refractivity contribution < 1.29 is 9.53 Å². The molecule has 8 heteroatoms. The molecule has 0 spiro atoms. The van der Waals surface area contributed by atoms with E-state index in [-0.39, 0.29) is 18.5 Å². The Hall–Kier alpha value is -2.22. The molecule has 2 aromatic heterocycles. The Kier molecular flexibility index (Phi) is 4.71. The van der Waals surface area contributed by atoms with Gasteiger partial charge in [-0.05, 0) is 25.8 Å². The third-order valence-corrected chi connectivity index (χ3v) is 3.96. The molecule has 1 saturated heterocycles. The molecule has 1 aliphatic rings. The Morgan fingerprint density at radius 1 is 1.43 bits per heavy atom. The van der Waals surface area contributed by atoms with Crippen molar-refractivity contribution in [3.8, 4) is 0 Å². The lowest BCUT2D eigenvalue weighted by atomic mass is 10.3. The van der Waals surface area contributed by atoms with Gasteiger partial charge in [0.1, 0.15) is 12.2 Å². The van der Waals surface area contributed by atoms with E-state index in [9.17, 15) is 4.79 Å². The molecule has 1 unspecified atom stereocenters. The Bertz CT molecular complexity index is 664. The first-order valence-electron chi connectivity index (χ1n) is 7.91. The van der Waals surface area contributed by atoms with E-state index in [1.54, 1.807) is 10.9 Å². The first-order chi connectivity index (χ1) is 11.2. The lowest BCUT2D eigenvalue weighted by Gasteiger charge is -2.16. The van der Waals surface area contributed by atoms with Crippen LogP contribution in [0.1, 0.15) is 30.6 Å². The molecule has 0 radical (unpaired) electrons. The molecule has 8 nitrogen and oxygen atoms in total. The second-order valence-electron chi connectivity index (χ2n) is 5.82. The van der Waals surface area contributed by atoms with Gasteiger partial charge in [-0.2, -0.15) is 5.10 Å². The lowest BCUT2D eigenvalue weighted by Crippen LogP contribution is -2.32. The fourth-order valence-electron chi connectivity index (χ4n) is 2.74. The second-order valence-corrected chi connectivity index (χ2v) is 5.82. The van der Waals surface area contributed by atoms with Gasteiger partial charge in [-0.1, -0.05) is 5.21 Å². The average Bonchev–Trinajstić information content (AvgIpc) is 3.25. The van der Waals surface area contributed by atoms with Gasteiger partial charge in [0.15, 0.2) is 0 Å². The molecule has 124 valence electrons.